The minimum absolute atomic E-state index is 0.102. The van der Waals surface area contributed by atoms with E-state index in [1.54, 1.807) is 0 Å². The molecule has 1 fully saturated rings. The van der Waals surface area contributed by atoms with Gasteiger partial charge in [-0.2, -0.15) is 0 Å². The summed E-state index contributed by atoms with van der Waals surface area (Å²) in [5, 5.41) is 3.34. The summed E-state index contributed by atoms with van der Waals surface area (Å²) in [5.74, 6) is 0.514. The Bertz CT molecular complexity index is 647. The Morgan fingerprint density at radius 2 is 1.86 bits per heavy atom. The topological polar surface area (TPSA) is 46.2 Å². The summed E-state index contributed by atoms with van der Waals surface area (Å²) in [4.78, 5) is 0.538. The van der Waals surface area contributed by atoms with E-state index in [2.05, 4.69) is 32.2 Å². The van der Waals surface area contributed by atoms with E-state index in [4.69, 9.17) is 0 Å². The fraction of sp³-hybridized carbons (Fsp3) is 0.647. The molecule has 4 heteroatoms. The van der Waals surface area contributed by atoms with E-state index in [1.165, 1.54) is 18.4 Å². The van der Waals surface area contributed by atoms with Gasteiger partial charge in [-0.1, -0.05) is 32.9 Å². The molecule has 1 aliphatic heterocycles. The summed E-state index contributed by atoms with van der Waals surface area (Å²) in [6.07, 6.45) is 2.42. The smallest absolute Gasteiger partial charge is 0.181 e. The largest absolute Gasteiger partial charge is 0.307 e. The lowest BCUT2D eigenvalue weighted by Gasteiger charge is -2.37. The molecule has 2 aliphatic rings. The lowest BCUT2D eigenvalue weighted by molar-refractivity contribution is 0.355. The molecule has 1 aromatic rings. The second-order valence-corrected chi connectivity index (χ2v) is 9.25. The molecule has 3 unspecified atom stereocenters. The van der Waals surface area contributed by atoms with Crippen LogP contribution in [0.3, 0.4) is 0 Å². The Labute approximate surface area is 128 Å². The Morgan fingerprint density at radius 1 is 1.19 bits per heavy atom. The van der Waals surface area contributed by atoms with Crippen molar-refractivity contribution in [3.05, 3.63) is 29.3 Å². The highest BCUT2D eigenvalue weighted by Crippen LogP contribution is 2.42. The Kier molecular flexibility index (Phi) is 3.65. The maximum atomic E-state index is 12.7. The zero-order valence-electron chi connectivity index (χ0n) is 13.3. The average Bonchev–Trinajstić information content (AvgIpc) is 3.25. The van der Waals surface area contributed by atoms with E-state index in [-0.39, 0.29) is 17.2 Å². The predicted molar refractivity (Wildman–Crippen MR) is 85.2 cm³/mol. The highest BCUT2D eigenvalue weighted by molar-refractivity contribution is 7.92. The van der Waals surface area contributed by atoms with Crippen LogP contribution in [0.2, 0.25) is 0 Å². The first kappa shape index (κ1) is 15.0. The van der Waals surface area contributed by atoms with Crippen molar-refractivity contribution >= 4 is 9.84 Å². The van der Waals surface area contributed by atoms with Gasteiger partial charge in [-0.25, -0.2) is 8.42 Å². The van der Waals surface area contributed by atoms with E-state index < -0.39 is 9.84 Å². The van der Waals surface area contributed by atoms with Crippen LogP contribution in [0.1, 0.15) is 63.6 Å². The second-order valence-electron chi connectivity index (χ2n) is 6.98. The van der Waals surface area contributed by atoms with E-state index >= 15 is 0 Å². The molecule has 3 nitrogen and oxygen atoms in total. The molecule has 116 valence electrons. The van der Waals surface area contributed by atoms with Crippen molar-refractivity contribution in [2.24, 2.45) is 5.92 Å². The third-order valence-corrected chi connectivity index (χ3v) is 7.48. The summed E-state index contributed by atoms with van der Waals surface area (Å²) in [6.45, 7) is 8.21. The van der Waals surface area contributed by atoms with Crippen LogP contribution >= 0.6 is 0 Å². The molecule has 1 saturated carbocycles. The number of hydrogen-bond donors (Lipinski definition) is 1. The van der Waals surface area contributed by atoms with Gasteiger partial charge in [-0.15, -0.1) is 0 Å². The molecule has 1 aromatic carbocycles. The van der Waals surface area contributed by atoms with Crippen LogP contribution in [0.25, 0.3) is 0 Å². The van der Waals surface area contributed by atoms with E-state index in [1.807, 2.05) is 19.1 Å². The monoisotopic (exact) mass is 307 g/mol. The van der Waals surface area contributed by atoms with Crippen LogP contribution in [-0.4, -0.2) is 19.7 Å². The van der Waals surface area contributed by atoms with E-state index in [0.717, 1.165) is 5.56 Å². The fourth-order valence-corrected chi connectivity index (χ4v) is 5.11. The van der Waals surface area contributed by atoms with Crippen molar-refractivity contribution in [2.75, 3.05) is 0 Å². The summed E-state index contributed by atoms with van der Waals surface area (Å²) < 4.78 is 25.4. The number of fused-ring (bicyclic) bond motifs is 1. The summed E-state index contributed by atoms with van der Waals surface area (Å²) in [5.41, 5.74) is 2.20. The molecule has 1 N–H and O–H groups in total. The van der Waals surface area contributed by atoms with Crippen molar-refractivity contribution in [1.82, 2.24) is 5.32 Å². The first-order valence-corrected chi connectivity index (χ1v) is 9.50. The molecule has 3 atom stereocenters. The normalized spacial score (nSPS) is 31.2. The summed E-state index contributed by atoms with van der Waals surface area (Å²) >= 11 is 0. The summed E-state index contributed by atoms with van der Waals surface area (Å²) in [7, 11) is -3.20. The predicted octanol–water partition coefficient (Wildman–Crippen LogP) is 3.42. The first-order valence-electron chi connectivity index (χ1n) is 7.96. The first-order chi connectivity index (χ1) is 9.82. The second kappa shape index (κ2) is 5.10. The third kappa shape index (κ3) is 2.53. The van der Waals surface area contributed by atoms with E-state index in [9.17, 15) is 8.42 Å². The Hall–Kier alpha value is -0.870. The molecule has 1 heterocycles. The van der Waals surface area contributed by atoms with Crippen LogP contribution in [0.15, 0.2) is 23.1 Å². The minimum Gasteiger partial charge on any atom is -0.307 e. The number of rotatable bonds is 3. The fourth-order valence-electron chi connectivity index (χ4n) is 3.21. The van der Waals surface area contributed by atoms with Gasteiger partial charge >= 0.3 is 0 Å². The van der Waals surface area contributed by atoms with Gasteiger partial charge in [0.2, 0.25) is 0 Å². The van der Waals surface area contributed by atoms with Gasteiger partial charge < -0.3 is 5.32 Å². The molecule has 3 rings (SSSR count). The van der Waals surface area contributed by atoms with Gasteiger partial charge in [0.1, 0.15) is 0 Å². The zero-order valence-corrected chi connectivity index (χ0v) is 14.1. The summed E-state index contributed by atoms with van der Waals surface area (Å²) in [6, 6.07) is 6.63. The van der Waals surface area contributed by atoms with Crippen LogP contribution in [0.4, 0.5) is 0 Å². The number of hydrogen-bond acceptors (Lipinski definition) is 3. The highest BCUT2D eigenvalue weighted by atomic mass is 32.2. The van der Waals surface area contributed by atoms with E-state index in [0.29, 0.717) is 16.9 Å². The standard InChI is InChI=1S/C17H25NO2S/c1-10(2)13-5-8-16-15(9-13)17(18-14-6-7-14)11(3)12(4)21(16,19)20/h5,8-12,14,17-18H,6-7H2,1-4H3. The maximum Gasteiger partial charge on any atom is 0.181 e. The minimum atomic E-state index is -3.20. The van der Waals surface area contributed by atoms with Crippen LogP contribution in [0, 0.1) is 5.92 Å². The van der Waals surface area contributed by atoms with Gasteiger partial charge in [-0.05, 0) is 48.8 Å². The number of sulfone groups is 1. The Balaban J connectivity index is 2.13. The van der Waals surface area contributed by atoms with Crippen LogP contribution in [0.5, 0.6) is 0 Å². The van der Waals surface area contributed by atoms with Crippen LogP contribution < -0.4 is 5.32 Å². The molecule has 0 radical (unpaired) electrons. The van der Waals surface area contributed by atoms with Crippen LogP contribution in [-0.2, 0) is 9.84 Å². The quantitative estimate of drug-likeness (QED) is 0.931. The lowest BCUT2D eigenvalue weighted by atomic mass is 9.89. The molecule has 0 bridgehead atoms. The lowest BCUT2D eigenvalue weighted by Crippen LogP contribution is -2.42. The Morgan fingerprint density at radius 3 is 2.43 bits per heavy atom. The SMILES string of the molecule is CC(C)c1ccc2c(c1)C(NC1CC1)C(C)C(C)S2(=O)=O. The van der Waals surface area contributed by atoms with Gasteiger partial charge in [0, 0.05) is 12.1 Å². The molecule has 1 aliphatic carbocycles. The van der Waals surface area contributed by atoms with Crippen molar-refractivity contribution < 1.29 is 8.42 Å². The molecule has 0 aromatic heterocycles. The molecule has 0 spiro atoms. The van der Waals surface area contributed by atoms with Crippen molar-refractivity contribution in [3.8, 4) is 0 Å². The molecular formula is C17H25NO2S. The third-order valence-electron chi connectivity index (χ3n) is 5.09. The van der Waals surface area contributed by atoms with Gasteiger partial charge in [-0.3, -0.25) is 0 Å². The zero-order chi connectivity index (χ0) is 15.4. The number of benzene rings is 1. The van der Waals surface area contributed by atoms with Crippen molar-refractivity contribution in [2.45, 2.75) is 68.7 Å². The maximum absolute atomic E-state index is 12.7. The van der Waals surface area contributed by atoms with Crippen molar-refractivity contribution in [1.29, 1.82) is 0 Å². The average molecular weight is 307 g/mol. The van der Waals surface area contributed by atoms with Gasteiger partial charge in [0.25, 0.3) is 0 Å². The molecule has 0 saturated heterocycles. The molecule has 0 amide bonds. The van der Waals surface area contributed by atoms with Gasteiger partial charge in [0.05, 0.1) is 10.1 Å². The van der Waals surface area contributed by atoms with Crippen molar-refractivity contribution in [3.63, 3.8) is 0 Å². The molecular weight excluding hydrogens is 282 g/mol. The highest BCUT2D eigenvalue weighted by Gasteiger charge is 2.43. The van der Waals surface area contributed by atoms with Gasteiger partial charge in [0.15, 0.2) is 9.84 Å². The molecule has 21 heavy (non-hydrogen) atoms. The number of nitrogens with one attached hydrogen (secondary N) is 1.